The van der Waals surface area contributed by atoms with Crippen molar-refractivity contribution in [3.05, 3.63) is 96.0 Å². The van der Waals surface area contributed by atoms with E-state index in [0.717, 1.165) is 27.8 Å². The summed E-state index contributed by atoms with van der Waals surface area (Å²) in [6, 6.07) is 21.7. The molecule has 0 unspecified atom stereocenters. The minimum Gasteiger partial charge on any atom is -0.497 e. The van der Waals surface area contributed by atoms with Crippen molar-refractivity contribution >= 4 is 34.0 Å². The molecule has 7 heteroatoms. The molecular weight excluding hydrogens is 439 g/mol. The lowest BCUT2D eigenvalue weighted by Gasteiger charge is -2.13. The van der Waals surface area contributed by atoms with Crippen molar-refractivity contribution in [2.45, 2.75) is 0 Å². The van der Waals surface area contributed by atoms with E-state index in [1.807, 2.05) is 54.6 Å². The topological polar surface area (TPSA) is 59.9 Å². The van der Waals surface area contributed by atoms with Crippen molar-refractivity contribution in [3.8, 4) is 28.3 Å². The van der Waals surface area contributed by atoms with E-state index in [4.69, 9.17) is 26.3 Å². The zero-order valence-corrected chi connectivity index (χ0v) is 18.3. The molecule has 2 heterocycles. The normalized spacial score (nSPS) is 10.9. The van der Waals surface area contributed by atoms with Crippen LogP contribution < -0.4 is 10.1 Å². The van der Waals surface area contributed by atoms with E-state index in [1.54, 1.807) is 19.5 Å². The highest BCUT2D eigenvalue weighted by Crippen LogP contribution is 2.33. The Hall–Kier alpha value is -4.03. The first kappa shape index (κ1) is 20.8. The fourth-order valence-electron chi connectivity index (χ4n) is 3.55. The van der Waals surface area contributed by atoms with Crippen LogP contribution in [0.15, 0.2) is 85.2 Å². The number of anilines is 2. The van der Waals surface area contributed by atoms with E-state index in [-0.39, 0.29) is 5.69 Å². The summed E-state index contributed by atoms with van der Waals surface area (Å²) in [6.45, 7) is 0. The summed E-state index contributed by atoms with van der Waals surface area (Å²) in [5, 5.41) is 4.27. The van der Waals surface area contributed by atoms with Gasteiger partial charge in [0.2, 0.25) is 0 Å². The lowest BCUT2D eigenvalue weighted by molar-refractivity contribution is 0.415. The Bertz CT molecular complexity index is 1460. The van der Waals surface area contributed by atoms with Crippen molar-refractivity contribution in [1.29, 1.82) is 0 Å². The van der Waals surface area contributed by atoms with E-state index in [0.29, 0.717) is 22.2 Å². The molecule has 0 bridgehead atoms. The van der Waals surface area contributed by atoms with Gasteiger partial charge < -0.3 is 10.1 Å². The summed E-state index contributed by atoms with van der Waals surface area (Å²) in [6.07, 6.45) is 3.38. The SMILES string of the molecule is COc1cccc(-c2ccc3nc(-c4cccnc4)nc(Nc4cc(Cl)ccc4F)c3c2)c1. The van der Waals surface area contributed by atoms with Crippen LogP contribution in [0.25, 0.3) is 33.4 Å². The monoisotopic (exact) mass is 456 g/mol. The molecule has 5 aromatic rings. The molecule has 0 amide bonds. The first-order valence-electron chi connectivity index (χ1n) is 10.2. The Morgan fingerprint density at radius 1 is 0.879 bits per heavy atom. The second-order valence-corrected chi connectivity index (χ2v) is 7.79. The highest BCUT2D eigenvalue weighted by atomic mass is 35.5. The van der Waals surface area contributed by atoms with Crippen molar-refractivity contribution < 1.29 is 9.13 Å². The third-order valence-corrected chi connectivity index (χ3v) is 5.44. The average molecular weight is 457 g/mol. The van der Waals surface area contributed by atoms with E-state index >= 15 is 0 Å². The molecule has 0 saturated carbocycles. The fraction of sp³-hybridized carbons (Fsp3) is 0.0385. The predicted octanol–water partition coefficient (Wildman–Crippen LogP) is 6.90. The number of hydrogen-bond donors (Lipinski definition) is 1. The van der Waals surface area contributed by atoms with E-state index in [2.05, 4.69) is 10.3 Å². The Morgan fingerprint density at radius 2 is 1.73 bits per heavy atom. The summed E-state index contributed by atoms with van der Waals surface area (Å²) in [5.74, 6) is 1.27. The number of ether oxygens (including phenoxy) is 1. The molecule has 0 saturated heterocycles. The van der Waals surface area contributed by atoms with Crippen LogP contribution in [0.2, 0.25) is 5.02 Å². The number of hydrogen-bond acceptors (Lipinski definition) is 5. The van der Waals surface area contributed by atoms with Crippen LogP contribution in [0.5, 0.6) is 5.75 Å². The summed E-state index contributed by atoms with van der Waals surface area (Å²) in [5.41, 5.74) is 3.62. The van der Waals surface area contributed by atoms with Gasteiger partial charge in [-0.2, -0.15) is 0 Å². The van der Waals surface area contributed by atoms with Crippen LogP contribution in [0, 0.1) is 5.82 Å². The predicted molar refractivity (Wildman–Crippen MR) is 129 cm³/mol. The molecule has 0 aliphatic rings. The van der Waals surface area contributed by atoms with Gasteiger partial charge in [-0.25, -0.2) is 14.4 Å². The Kier molecular flexibility index (Phi) is 5.59. The van der Waals surface area contributed by atoms with Gasteiger partial charge in [0.15, 0.2) is 5.82 Å². The molecule has 0 radical (unpaired) electrons. The maximum Gasteiger partial charge on any atom is 0.163 e. The molecule has 0 fully saturated rings. The number of fused-ring (bicyclic) bond motifs is 1. The molecule has 0 atom stereocenters. The van der Waals surface area contributed by atoms with Gasteiger partial charge in [0.1, 0.15) is 17.4 Å². The minimum absolute atomic E-state index is 0.228. The van der Waals surface area contributed by atoms with E-state index in [9.17, 15) is 4.39 Å². The van der Waals surface area contributed by atoms with Gasteiger partial charge in [0.05, 0.1) is 18.3 Å². The van der Waals surface area contributed by atoms with Crippen molar-refractivity contribution in [2.24, 2.45) is 0 Å². The smallest absolute Gasteiger partial charge is 0.163 e. The van der Waals surface area contributed by atoms with Gasteiger partial charge in [-0.3, -0.25) is 4.98 Å². The maximum absolute atomic E-state index is 14.5. The molecule has 1 N–H and O–H groups in total. The summed E-state index contributed by atoms with van der Waals surface area (Å²) < 4.78 is 19.9. The molecule has 5 nitrogen and oxygen atoms in total. The van der Waals surface area contributed by atoms with Crippen LogP contribution >= 0.6 is 11.6 Å². The van der Waals surface area contributed by atoms with Crippen LogP contribution in [-0.4, -0.2) is 22.1 Å². The number of benzene rings is 3. The van der Waals surface area contributed by atoms with Crippen molar-refractivity contribution in [2.75, 3.05) is 12.4 Å². The van der Waals surface area contributed by atoms with Gasteiger partial charge in [-0.05, 0) is 65.7 Å². The quantitative estimate of drug-likeness (QED) is 0.311. The number of halogens is 2. The van der Waals surface area contributed by atoms with Gasteiger partial charge in [-0.15, -0.1) is 0 Å². The number of methoxy groups -OCH3 is 1. The first-order chi connectivity index (χ1) is 16.1. The molecule has 0 aliphatic heterocycles. The lowest BCUT2D eigenvalue weighted by Crippen LogP contribution is -2.01. The van der Waals surface area contributed by atoms with Gasteiger partial charge in [0, 0.05) is 28.4 Å². The maximum atomic E-state index is 14.5. The van der Waals surface area contributed by atoms with Crippen LogP contribution in [0.3, 0.4) is 0 Å². The van der Waals surface area contributed by atoms with E-state index in [1.165, 1.54) is 18.2 Å². The minimum atomic E-state index is -0.432. The molecule has 0 spiro atoms. The number of nitrogens with zero attached hydrogens (tertiary/aromatic N) is 3. The van der Waals surface area contributed by atoms with Crippen LogP contribution in [0.1, 0.15) is 0 Å². The number of aromatic nitrogens is 3. The van der Waals surface area contributed by atoms with Crippen molar-refractivity contribution in [1.82, 2.24) is 15.0 Å². The molecule has 5 rings (SSSR count). The van der Waals surface area contributed by atoms with Gasteiger partial charge in [-0.1, -0.05) is 29.8 Å². The standard InChI is InChI=1S/C26H18ClFN4O/c1-33-20-6-2-4-16(12-20)17-7-10-23-21(13-17)26(31-24-14-19(27)8-9-22(24)28)32-25(30-23)18-5-3-11-29-15-18/h2-15H,1H3,(H,30,31,32). The largest absolute Gasteiger partial charge is 0.497 e. The second-order valence-electron chi connectivity index (χ2n) is 7.35. The molecular formula is C26H18ClFN4O. The zero-order chi connectivity index (χ0) is 22.8. The highest BCUT2D eigenvalue weighted by molar-refractivity contribution is 6.30. The zero-order valence-electron chi connectivity index (χ0n) is 17.6. The van der Waals surface area contributed by atoms with Gasteiger partial charge in [0.25, 0.3) is 0 Å². The van der Waals surface area contributed by atoms with Crippen molar-refractivity contribution in [3.63, 3.8) is 0 Å². The number of rotatable bonds is 5. The molecule has 2 aromatic heterocycles. The van der Waals surface area contributed by atoms with Crippen LogP contribution in [-0.2, 0) is 0 Å². The summed E-state index contributed by atoms with van der Waals surface area (Å²) in [7, 11) is 1.63. The summed E-state index contributed by atoms with van der Waals surface area (Å²) >= 11 is 6.10. The third-order valence-electron chi connectivity index (χ3n) is 5.20. The molecule has 3 aromatic carbocycles. The Labute approximate surface area is 194 Å². The summed E-state index contributed by atoms with van der Waals surface area (Å²) in [4.78, 5) is 13.6. The molecule has 162 valence electrons. The average Bonchev–Trinajstić information content (AvgIpc) is 2.86. The molecule has 0 aliphatic carbocycles. The number of pyridine rings is 1. The highest BCUT2D eigenvalue weighted by Gasteiger charge is 2.14. The second kappa shape index (κ2) is 8.84. The Balaban J connectivity index is 1.69. The number of nitrogens with one attached hydrogen (secondary N) is 1. The van der Waals surface area contributed by atoms with Crippen LogP contribution in [0.4, 0.5) is 15.9 Å². The third kappa shape index (κ3) is 4.33. The van der Waals surface area contributed by atoms with Gasteiger partial charge >= 0.3 is 0 Å². The van der Waals surface area contributed by atoms with E-state index < -0.39 is 5.82 Å². The Morgan fingerprint density at radius 3 is 2.55 bits per heavy atom. The fourth-order valence-corrected chi connectivity index (χ4v) is 3.72. The molecule has 33 heavy (non-hydrogen) atoms. The first-order valence-corrected chi connectivity index (χ1v) is 10.6. The lowest BCUT2D eigenvalue weighted by atomic mass is 10.0.